The minimum Gasteiger partial charge on any atom is -0.348 e. The van der Waals surface area contributed by atoms with Crippen molar-refractivity contribution in [1.82, 2.24) is 10.2 Å². The van der Waals surface area contributed by atoms with Crippen LogP contribution in [0.15, 0.2) is 54.6 Å². The molecule has 4 heteroatoms. The molecule has 2 saturated heterocycles. The van der Waals surface area contributed by atoms with Gasteiger partial charge in [0.05, 0.1) is 0 Å². The van der Waals surface area contributed by atoms with Gasteiger partial charge in [0.2, 0.25) is 0 Å². The Kier molecular flexibility index (Phi) is 3.90. The Hall–Kier alpha value is -2.46. The molecule has 3 atom stereocenters. The molecule has 2 aromatic rings. The Balaban J connectivity index is 1.44. The van der Waals surface area contributed by atoms with Gasteiger partial charge >= 0.3 is 0 Å². The average Bonchev–Trinajstić information content (AvgIpc) is 3.25. The van der Waals surface area contributed by atoms with Gasteiger partial charge in [-0.05, 0) is 31.0 Å². The van der Waals surface area contributed by atoms with E-state index in [1.165, 1.54) is 6.42 Å². The summed E-state index contributed by atoms with van der Waals surface area (Å²) in [5.74, 6) is 0.517. The fraction of sp³-hybridized carbons (Fsp3) is 0.300. The summed E-state index contributed by atoms with van der Waals surface area (Å²) in [6.07, 6.45) is 1.18. The van der Waals surface area contributed by atoms with Gasteiger partial charge in [-0.1, -0.05) is 42.5 Å². The third-order valence-electron chi connectivity index (χ3n) is 5.09. The molecule has 4 rings (SSSR count). The molecule has 2 fully saturated rings. The summed E-state index contributed by atoms with van der Waals surface area (Å²) < 4.78 is 0. The average molecular weight is 320 g/mol. The number of carbonyl (C=O) groups is 2. The first-order chi connectivity index (χ1) is 11.7. The van der Waals surface area contributed by atoms with E-state index in [9.17, 15) is 9.59 Å². The first-order valence-electron chi connectivity index (χ1n) is 8.44. The standard InChI is InChI=1S/C20H20N2O2/c23-19(14-4-2-1-3-5-14)15-6-8-16(9-7-15)20(24)21-18-13-22-11-10-17(18)12-22/h1-9,17-18H,10-13H2,(H,21,24)/t17-,18?/m0/s1. The molecule has 2 aliphatic heterocycles. The van der Waals surface area contributed by atoms with Gasteiger partial charge in [-0.15, -0.1) is 0 Å². The van der Waals surface area contributed by atoms with Crippen molar-refractivity contribution < 1.29 is 9.59 Å². The molecule has 0 aliphatic carbocycles. The lowest BCUT2D eigenvalue weighted by atomic mass is 9.99. The first-order valence-corrected chi connectivity index (χ1v) is 8.44. The molecule has 0 radical (unpaired) electrons. The minimum absolute atomic E-state index is 0.0246. The van der Waals surface area contributed by atoms with E-state index in [-0.39, 0.29) is 17.7 Å². The molecule has 1 N–H and O–H groups in total. The molecule has 2 aromatic carbocycles. The predicted octanol–water partition coefficient (Wildman–Crippen LogP) is 2.35. The normalized spacial score (nSPS) is 24.8. The lowest BCUT2D eigenvalue weighted by Gasteiger charge is -2.23. The SMILES string of the molecule is O=C(NC1CN2CC[C@H]1C2)c1ccc(C(=O)c2ccccc2)cc1. The first kappa shape index (κ1) is 15.1. The summed E-state index contributed by atoms with van der Waals surface area (Å²) in [6.45, 7) is 3.23. The van der Waals surface area contributed by atoms with Gasteiger partial charge in [0, 0.05) is 35.8 Å². The van der Waals surface area contributed by atoms with E-state index in [0.717, 1.165) is 19.6 Å². The van der Waals surface area contributed by atoms with Crippen molar-refractivity contribution in [3.05, 3.63) is 71.3 Å². The van der Waals surface area contributed by atoms with E-state index in [4.69, 9.17) is 0 Å². The number of benzene rings is 2. The molecule has 2 bridgehead atoms. The highest BCUT2D eigenvalue weighted by molar-refractivity contribution is 6.09. The van der Waals surface area contributed by atoms with E-state index >= 15 is 0 Å². The summed E-state index contributed by atoms with van der Waals surface area (Å²) in [5, 5.41) is 3.14. The van der Waals surface area contributed by atoms with Crippen LogP contribution in [0.25, 0.3) is 0 Å². The van der Waals surface area contributed by atoms with Crippen molar-refractivity contribution in [1.29, 1.82) is 0 Å². The Morgan fingerprint density at radius 1 is 0.875 bits per heavy atom. The van der Waals surface area contributed by atoms with Crippen LogP contribution in [-0.4, -0.2) is 42.3 Å². The molecule has 2 unspecified atom stereocenters. The number of rotatable bonds is 4. The van der Waals surface area contributed by atoms with Crippen LogP contribution in [-0.2, 0) is 0 Å². The number of ketones is 1. The third-order valence-corrected chi connectivity index (χ3v) is 5.09. The van der Waals surface area contributed by atoms with Crippen molar-refractivity contribution in [3.8, 4) is 0 Å². The lowest BCUT2D eigenvalue weighted by Crippen LogP contribution is -2.43. The molecular weight excluding hydrogens is 300 g/mol. The van der Waals surface area contributed by atoms with Gasteiger partial charge in [-0.25, -0.2) is 0 Å². The zero-order valence-electron chi connectivity index (χ0n) is 13.4. The molecule has 2 heterocycles. The molecule has 0 saturated carbocycles. The number of hydrogen-bond acceptors (Lipinski definition) is 3. The van der Waals surface area contributed by atoms with Crippen LogP contribution in [0, 0.1) is 5.92 Å². The summed E-state index contributed by atoms with van der Waals surface area (Å²) >= 11 is 0. The van der Waals surface area contributed by atoms with Crippen LogP contribution in [0.4, 0.5) is 0 Å². The molecule has 1 amide bonds. The van der Waals surface area contributed by atoms with Gasteiger partial charge < -0.3 is 10.2 Å². The summed E-state index contributed by atoms with van der Waals surface area (Å²) in [5.41, 5.74) is 1.87. The Morgan fingerprint density at radius 2 is 1.54 bits per heavy atom. The highest BCUT2D eigenvalue weighted by Crippen LogP contribution is 2.27. The van der Waals surface area contributed by atoms with E-state index < -0.39 is 0 Å². The Labute approximate surface area is 141 Å². The topological polar surface area (TPSA) is 49.4 Å². The third kappa shape index (κ3) is 2.85. The minimum atomic E-state index is -0.0486. The number of nitrogens with one attached hydrogen (secondary N) is 1. The fourth-order valence-electron chi connectivity index (χ4n) is 3.73. The van der Waals surface area contributed by atoms with Crippen LogP contribution in [0.2, 0.25) is 0 Å². The number of hydrogen-bond donors (Lipinski definition) is 1. The van der Waals surface area contributed by atoms with Gasteiger partial charge in [0.1, 0.15) is 0 Å². The van der Waals surface area contributed by atoms with Crippen LogP contribution in [0.3, 0.4) is 0 Å². The second-order valence-electron chi connectivity index (χ2n) is 6.66. The highest BCUT2D eigenvalue weighted by Gasteiger charge is 2.38. The largest absolute Gasteiger partial charge is 0.348 e. The molecule has 122 valence electrons. The van der Waals surface area contributed by atoms with Crippen molar-refractivity contribution >= 4 is 11.7 Å². The van der Waals surface area contributed by atoms with Gasteiger partial charge in [0.25, 0.3) is 5.91 Å². The summed E-state index contributed by atoms with van der Waals surface area (Å²) in [4.78, 5) is 27.2. The number of piperidine rings is 1. The van der Waals surface area contributed by atoms with E-state index in [0.29, 0.717) is 22.6 Å². The fourth-order valence-corrected chi connectivity index (χ4v) is 3.73. The number of carbonyl (C=O) groups excluding carboxylic acids is 2. The van der Waals surface area contributed by atoms with Crippen molar-refractivity contribution in [2.75, 3.05) is 19.6 Å². The maximum absolute atomic E-state index is 12.4. The Bertz CT molecular complexity index is 755. The van der Waals surface area contributed by atoms with Crippen molar-refractivity contribution in [2.45, 2.75) is 12.5 Å². The maximum atomic E-state index is 12.4. The van der Waals surface area contributed by atoms with Crippen molar-refractivity contribution in [2.24, 2.45) is 5.92 Å². The number of nitrogens with zero attached hydrogens (tertiary/aromatic N) is 1. The van der Waals surface area contributed by atoms with Crippen LogP contribution < -0.4 is 5.32 Å². The van der Waals surface area contributed by atoms with Crippen LogP contribution >= 0.6 is 0 Å². The molecule has 0 spiro atoms. The highest BCUT2D eigenvalue weighted by atomic mass is 16.1. The molecule has 24 heavy (non-hydrogen) atoms. The zero-order valence-corrected chi connectivity index (χ0v) is 13.4. The molecule has 0 aromatic heterocycles. The van der Waals surface area contributed by atoms with Crippen LogP contribution in [0.1, 0.15) is 32.7 Å². The summed E-state index contributed by atoms with van der Waals surface area (Å²) in [6, 6.07) is 16.4. The second-order valence-corrected chi connectivity index (χ2v) is 6.66. The lowest BCUT2D eigenvalue weighted by molar-refractivity contribution is 0.0923. The van der Waals surface area contributed by atoms with Gasteiger partial charge in [0.15, 0.2) is 5.78 Å². The predicted molar refractivity (Wildman–Crippen MR) is 92.1 cm³/mol. The quantitative estimate of drug-likeness (QED) is 0.880. The number of amides is 1. The van der Waals surface area contributed by atoms with Gasteiger partial charge in [-0.3, -0.25) is 9.59 Å². The second kappa shape index (κ2) is 6.21. The smallest absolute Gasteiger partial charge is 0.251 e. The monoisotopic (exact) mass is 320 g/mol. The number of fused-ring (bicyclic) bond motifs is 2. The summed E-state index contributed by atoms with van der Waals surface area (Å²) in [7, 11) is 0. The maximum Gasteiger partial charge on any atom is 0.251 e. The zero-order chi connectivity index (χ0) is 16.5. The van der Waals surface area contributed by atoms with Crippen molar-refractivity contribution in [3.63, 3.8) is 0 Å². The van der Waals surface area contributed by atoms with Gasteiger partial charge in [-0.2, -0.15) is 0 Å². The van der Waals surface area contributed by atoms with E-state index in [2.05, 4.69) is 10.2 Å². The molecule has 2 aliphatic rings. The molecule has 4 nitrogen and oxygen atoms in total. The molecular formula is C20H20N2O2. The van der Waals surface area contributed by atoms with Crippen LogP contribution in [0.5, 0.6) is 0 Å². The van der Waals surface area contributed by atoms with E-state index in [1.807, 2.05) is 18.2 Å². The van der Waals surface area contributed by atoms with E-state index in [1.54, 1.807) is 36.4 Å². The Morgan fingerprint density at radius 3 is 2.17 bits per heavy atom.